The van der Waals surface area contributed by atoms with Gasteiger partial charge in [-0.1, -0.05) is 37.0 Å². The standard InChI is InChI=1S/C19H20Cl2F2N4O/c1-3-10-7-12-11(5-6-24-18(12)23)17(4-2)27(10)19(26-28)25-16-9-14(21)13(20)8-15(16)22/h5-6,8-10,17,28H,3-4,7H2,1-2H3,(H,25,26). The monoisotopic (exact) mass is 428 g/mol. The topological polar surface area (TPSA) is 60.8 Å². The van der Waals surface area contributed by atoms with Crippen molar-refractivity contribution in [2.24, 2.45) is 4.99 Å². The highest BCUT2D eigenvalue weighted by Crippen LogP contribution is 2.38. The predicted octanol–water partition coefficient (Wildman–Crippen LogP) is 5.42. The van der Waals surface area contributed by atoms with Crippen molar-refractivity contribution >= 4 is 34.8 Å². The molecule has 9 heteroatoms. The van der Waals surface area contributed by atoms with Crippen molar-refractivity contribution in [3.05, 3.63) is 57.3 Å². The maximum Gasteiger partial charge on any atom is 0.224 e. The highest BCUT2D eigenvalue weighted by molar-refractivity contribution is 6.42. The van der Waals surface area contributed by atoms with Crippen LogP contribution < -0.4 is 5.48 Å². The van der Waals surface area contributed by atoms with Crippen LogP contribution in [0.15, 0.2) is 29.4 Å². The highest BCUT2D eigenvalue weighted by Gasteiger charge is 2.36. The van der Waals surface area contributed by atoms with Crippen molar-refractivity contribution < 1.29 is 14.0 Å². The number of rotatable bonds is 3. The van der Waals surface area contributed by atoms with E-state index < -0.39 is 11.8 Å². The summed E-state index contributed by atoms with van der Waals surface area (Å²) in [5, 5.41) is 10.0. The first-order chi connectivity index (χ1) is 13.4. The maximum absolute atomic E-state index is 14.3. The number of halogens is 4. The Hall–Kier alpha value is -1.96. The van der Waals surface area contributed by atoms with E-state index in [1.54, 1.807) is 6.07 Å². The molecule has 1 aromatic carbocycles. The lowest BCUT2D eigenvalue weighted by Crippen LogP contribution is -2.51. The summed E-state index contributed by atoms with van der Waals surface area (Å²) < 4.78 is 28.6. The van der Waals surface area contributed by atoms with Gasteiger partial charge in [0.1, 0.15) is 5.69 Å². The molecular formula is C19H20Cl2F2N4O. The van der Waals surface area contributed by atoms with E-state index in [0.29, 0.717) is 24.8 Å². The number of hydrogen-bond donors (Lipinski definition) is 2. The van der Waals surface area contributed by atoms with Crippen LogP contribution in [0.3, 0.4) is 0 Å². The molecule has 5 nitrogen and oxygen atoms in total. The van der Waals surface area contributed by atoms with E-state index in [-0.39, 0.29) is 33.8 Å². The van der Waals surface area contributed by atoms with Crippen LogP contribution in [0, 0.1) is 11.8 Å². The predicted molar refractivity (Wildman–Crippen MR) is 105 cm³/mol. The Kier molecular flexibility index (Phi) is 6.37. The smallest absolute Gasteiger partial charge is 0.224 e. The summed E-state index contributed by atoms with van der Waals surface area (Å²) >= 11 is 11.8. The quantitative estimate of drug-likeness (QED) is 0.225. The molecule has 3 rings (SSSR count). The molecule has 0 radical (unpaired) electrons. The first kappa shape index (κ1) is 20.8. The van der Waals surface area contributed by atoms with E-state index in [9.17, 15) is 14.0 Å². The third-order valence-corrected chi connectivity index (χ3v) is 5.71. The van der Waals surface area contributed by atoms with Gasteiger partial charge >= 0.3 is 0 Å². The summed E-state index contributed by atoms with van der Waals surface area (Å²) in [6.45, 7) is 3.91. The molecule has 2 atom stereocenters. The molecule has 0 amide bonds. The van der Waals surface area contributed by atoms with E-state index in [1.165, 1.54) is 12.3 Å². The zero-order chi connectivity index (χ0) is 20.4. The average molecular weight is 429 g/mol. The summed E-state index contributed by atoms with van der Waals surface area (Å²) in [5.74, 6) is -1.10. The summed E-state index contributed by atoms with van der Waals surface area (Å²) in [6.07, 6.45) is 3.10. The van der Waals surface area contributed by atoms with E-state index in [4.69, 9.17) is 23.2 Å². The number of benzene rings is 1. The zero-order valence-corrected chi connectivity index (χ0v) is 16.9. The summed E-state index contributed by atoms with van der Waals surface area (Å²) in [5.41, 5.74) is 3.35. The molecule has 2 aromatic rings. The minimum absolute atomic E-state index is 0.0545. The van der Waals surface area contributed by atoms with Gasteiger partial charge in [0, 0.05) is 17.8 Å². The number of aromatic nitrogens is 1. The molecule has 1 aliphatic heterocycles. The average Bonchev–Trinajstić information content (AvgIpc) is 2.68. The second-order valence-electron chi connectivity index (χ2n) is 6.53. The molecule has 2 unspecified atom stereocenters. The number of pyridine rings is 1. The number of hydrogen-bond acceptors (Lipinski definition) is 3. The van der Waals surface area contributed by atoms with Gasteiger partial charge in [-0.05, 0) is 43.0 Å². The van der Waals surface area contributed by atoms with E-state index in [2.05, 4.69) is 15.5 Å². The second kappa shape index (κ2) is 8.59. The van der Waals surface area contributed by atoms with Gasteiger partial charge in [-0.15, -0.1) is 0 Å². The minimum Gasteiger partial charge on any atom is -0.331 e. The Labute approximate surface area is 172 Å². The summed E-state index contributed by atoms with van der Waals surface area (Å²) in [7, 11) is 0. The number of guanidine groups is 1. The Balaban J connectivity index is 2.11. The molecule has 0 bridgehead atoms. The van der Waals surface area contributed by atoms with Crippen LogP contribution in [0.5, 0.6) is 0 Å². The zero-order valence-electron chi connectivity index (χ0n) is 15.4. The Morgan fingerprint density at radius 3 is 2.64 bits per heavy atom. The summed E-state index contributed by atoms with van der Waals surface area (Å²) in [4.78, 5) is 9.86. The normalized spacial score (nSPS) is 19.5. The summed E-state index contributed by atoms with van der Waals surface area (Å²) in [6, 6.07) is 3.69. The van der Waals surface area contributed by atoms with Crippen molar-refractivity contribution in [3.8, 4) is 0 Å². The first-order valence-electron chi connectivity index (χ1n) is 8.96. The van der Waals surface area contributed by atoms with Crippen LogP contribution in [0.1, 0.15) is 43.9 Å². The van der Waals surface area contributed by atoms with Gasteiger partial charge in [0.05, 0.1) is 16.1 Å². The van der Waals surface area contributed by atoms with Gasteiger partial charge in [-0.25, -0.2) is 19.8 Å². The van der Waals surface area contributed by atoms with Crippen LogP contribution >= 0.6 is 23.2 Å². The van der Waals surface area contributed by atoms with Gasteiger partial charge in [0.2, 0.25) is 11.9 Å². The number of fused-ring (bicyclic) bond motifs is 1. The lowest BCUT2D eigenvalue weighted by Gasteiger charge is -2.44. The lowest BCUT2D eigenvalue weighted by atomic mass is 9.87. The van der Waals surface area contributed by atoms with Crippen LogP contribution in [-0.4, -0.2) is 27.1 Å². The van der Waals surface area contributed by atoms with Gasteiger partial charge in [0.25, 0.3) is 0 Å². The Bertz CT molecular complexity index is 910. The van der Waals surface area contributed by atoms with Crippen LogP contribution in [0.2, 0.25) is 10.0 Å². The molecule has 0 fully saturated rings. The highest BCUT2D eigenvalue weighted by atomic mass is 35.5. The number of hydroxylamine groups is 1. The second-order valence-corrected chi connectivity index (χ2v) is 7.35. The number of aliphatic imine (C=N–C) groups is 1. The van der Waals surface area contributed by atoms with Crippen molar-refractivity contribution in [1.29, 1.82) is 0 Å². The maximum atomic E-state index is 14.3. The molecule has 28 heavy (non-hydrogen) atoms. The third kappa shape index (κ3) is 3.79. The largest absolute Gasteiger partial charge is 0.331 e. The Morgan fingerprint density at radius 2 is 2.00 bits per heavy atom. The molecule has 0 aliphatic carbocycles. The molecular weight excluding hydrogens is 409 g/mol. The SMILES string of the molecule is CCC1Cc2c(ccnc2F)C(CC)N1C(=Nc1cc(Cl)c(Cl)cc1F)NO. The molecule has 2 heterocycles. The Morgan fingerprint density at radius 1 is 1.29 bits per heavy atom. The minimum atomic E-state index is -0.670. The van der Waals surface area contributed by atoms with Crippen molar-refractivity contribution in [2.45, 2.75) is 45.2 Å². The molecule has 2 N–H and O–H groups in total. The van der Waals surface area contributed by atoms with E-state index >= 15 is 0 Å². The van der Waals surface area contributed by atoms with Crippen LogP contribution in [-0.2, 0) is 6.42 Å². The number of nitrogens with zero attached hydrogens (tertiary/aromatic N) is 3. The van der Waals surface area contributed by atoms with Crippen molar-refractivity contribution in [3.63, 3.8) is 0 Å². The molecule has 0 saturated heterocycles. The van der Waals surface area contributed by atoms with Gasteiger partial charge in [-0.2, -0.15) is 4.39 Å². The van der Waals surface area contributed by atoms with Gasteiger partial charge < -0.3 is 4.90 Å². The number of nitrogens with one attached hydrogen (secondary N) is 1. The fraction of sp³-hybridized carbons (Fsp3) is 0.368. The van der Waals surface area contributed by atoms with Gasteiger partial charge in [-0.3, -0.25) is 5.21 Å². The van der Waals surface area contributed by atoms with Crippen molar-refractivity contribution in [1.82, 2.24) is 15.4 Å². The first-order valence-corrected chi connectivity index (χ1v) is 9.71. The van der Waals surface area contributed by atoms with E-state index in [1.807, 2.05) is 18.7 Å². The third-order valence-electron chi connectivity index (χ3n) is 4.99. The molecule has 1 aromatic heterocycles. The van der Waals surface area contributed by atoms with Crippen LogP contribution in [0.4, 0.5) is 14.5 Å². The molecule has 1 aliphatic rings. The van der Waals surface area contributed by atoms with Gasteiger partial charge in [0.15, 0.2) is 5.82 Å². The fourth-order valence-electron chi connectivity index (χ4n) is 3.66. The molecule has 0 saturated carbocycles. The fourth-order valence-corrected chi connectivity index (χ4v) is 3.97. The molecule has 150 valence electrons. The van der Waals surface area contributed by atoms with Crippen molar-refractivity contribution in [2.75, 3.05) is 0 Å². The van der Waals surface area contributed by atoms with Crippen LogP contribution in [0.25, 0.3) is 0 Å². The molecule has 0 spiro atoms. The lowest BCUT2D eigenvalue weighted by molar-refractivity contribution is 0.151. The van der Waals surface area contributed by atoms with E-state index in [0.717, 1.165) is 11.6 Å².